The van der Waals surface area contributed by atoms with Crippen molar-refractivity contribution >= 4 is 6.03 Å². The zero-order chi connectivity index (χ0) is 20.2. The maximum Gasteiger partial charge on any atom is 0.399 e. The summed E-state index contributed by atoms with van der Waals surface area (Å²) in [6.45, 7) is 2.42. The fourth-order valence-electron chi connectivity index (χ4n) is 4.35. The van der Waals surface area contributed by atoms with Gasteiger partial charge in [0.05, 0.1) is 5.69 Å². The van der Waals surface area contributed by atoms with Gasteiger partial charge in [-0.15, -0.1) is 0 Å². The van der Waals surface area contributed by atoms with Crippen LogP contribution in [0.15, 0.2) is 24.7 Å². The fraction of sp³-hybridized carbons (Fsp3) is 0.579. The van der Waals surface area contributed by atoms with Crippen LogP contribution in [-0.4, -0.2) is 68.4 Å². The Morgan fingerprint density at radius 2 is 1.86 bits per heavy atom. The van der Waals surface area contributed by atoms with Gasteiger partial charge in [-0.05, 0) is 30.9 Å². The van der Waals surface area contributed by atoms with Gasteiger partial charge in [-0.25, -0.2) is 9.78 Å². The number of rotatable bonds is 3. The second-order valence-corrected chi connectivity index (χ2v) is 8.24. The molecule has 3 aliphatic rings. The van der Waals surface area contributed by atoms with Crippen molar-refractivity contribution in [3.05, 3.63) is 41.7 Å². The number of nitrogens with one attached hydrogen (secondary N) is 1. The molecule has 29 heavy (non-hydrogen) atoms. The third kappa shape index (κ3) is 3.05. The van der Waals surface area contributed by atoms with E-state index in [0.717, 1.165) is 17.8 Å². The molecule has 1 aliphatic carbocycles. The highest BCUT2D eigenvalue weighted by Gasteiger charge is 2.65. The minimum Gasteiger partial charge on any atom is -0.324 e. The van der Waals surface area contributed by atoms with Crippen LogP contribution in [0, 0.1) is 0 Å². The van der Waals surface area contributed by atoms with E-state index in [1.54, 1.807) is 17.2 Å². The number of hydrogen-bond acceptors (Lipinski definition) is 4. The summed E-state index contributed by atoms with van der Waals surface area (Å²) < 4.78 is 39.7. The van der Waals surface area contributed by atoms with Crippen LogP contribution < -0.4 is 0 Å². The summed E-state index contributed by atoms with van der Waals surface area (Å²) >= 11 is 0. The Kier molecular flexibility index (Phi) is 4.08. The van der Waals surface area contributed by atoms with Crippen LogP contribution in [0.25, 0.3) is 0 Å². The average Bonchev–Trinajstić information content (AvgIpc) is 3.08. The Morgan fingerprint density at radius 1 is 1.10 bits per heavy atom. The van der Waals surface area contributed by atoms with Crippen molar-refractivity contribution in [1.29, 1.82) is 0 Å². The van der Waals surface area contributed by atoms with Crippen molar-refractivity contribution in [2.45, 2.75) is 42.7 Å². The molecule has 1 N–H and O–H groups in total. The number of alkyl halides is 3. The molecule has 1 saturated carbocycles. The van der Waals surface area contributed by atoms with Gasteiger partial charge < -0.3 is 9.80 Å². The van der Waals surface area contributed by atoms with Crippen molar-refractivity contribution in [1.82, 2.24) is 30.0 Å². The van der Waals surface area contributed by atoms with Crippen molar-refractivity contribution in [3.63, 3.8) is 0 Å². The number of aromatic amines is 1. The number of nitrogens with zero attached hydrogens (tertiary/aromatic N) is 5. The van der Waals surface area contributed by atoms with Gasteiger partial charge in [0.15, 0.2) is 0 Å². The topological polar surface area (TPSA) is 78.0 Å². The molecule has 0 spiro atoms. The fourth-order valence-corrected chi connectivity index (χ4v) is 4.35. The quantitative estimate of drug-likeness (QED) is 0.850. The third-order valence-electron chi connectivity index (χ3n) is 6.47. The second-order valence-electron chi connectivity index (χ2n) is 8.24. The van der Waals surface area contributed by atoms with E-state index in [-0.39, 0.29) is 36.4 Å². The number of H-pyrrole nitrogens is 1. The Bertz CT molecular complexity index is 888. The smallest absolute Gasteiger partial charge is 0.324 e. The van der Waals surface area contributed by atoms with Gasteiger partial charge in [-0.2, -0.15) is 18.3 Å². The molecule has 10 heteroatoms. The van der Waals surface area contributed by atoms with Gasteiger partial charge in [-0.1, -0.05) is 6.07 Å². The number of aromatic nitrogens is 4. The standard InChI is InChI=1S/C19H21F3N6O/c20-19(21,22)18(4-5-18)15-2-1-12(7-23-15)14-9-28(10-14)17(29)27-6-3-13(8-27)16-24-11-25-26-16/h1-2,7,11,13-14H,3-6,8-10H2,(H,24,25,26)/t13-/m0/s1. The highest BCUT2D eigenvalue weighted by Crippen LogP contribution is 2.58. The lowest BCUT2D eigenvalue weighted by Gasteiger charge is -2.41. The van der Waals surface area contributed by atoms with E-state index < -0.39 is 11.6 Å². The molecule has 154 valence electrons. The predicted octanol–water partition coefficient (Wildman–Crippen LogP) is 2.80. The van der Waals surface area contributed by atoms with Crippen LogP contribution in [-0.2, 0) is 5.41 Å². The van der Waals surface area contributed by atoms with Gasteiger partial charge >= 0.3 is 12.2 Å². The molecule has 3 fully saturated rings. The van der Waals surface area contributed by atoms with Gasteiger partial charge in [0.2, 0.25) is 0 Å². The molecular weight excluding hydrogens is 385 g/mol. The zero-order valence-corrected chi connectivity index (χ0v) is 15.7. The summed E-state index contributed by atoms with van der Waals surface area (Å²) in [5.41, 5.74) is -0.753. The number of urea groups is 1. The van der Waals surface area contributed by atoms with Gasteiger partial charge in [0, 0.05) is 44.2 Å². The van der Waals surface area contributed by atoms with Crippen LogP contribution in [0.2, 0.25) is 0 Å². The van der Waals surface area contributed by atoms with E-state index in [9.17, 15) is 18.0 Å². The molecule has 4 heterocycles. The van der Waals surface area contributed by atoms with Crippen LogP contribution in [0.4, 0.5) is 18.0 Å². The van der Waals surface area contributed by atoms with Crippen molar-refractivity contribution in [3.8, 4) is 0 Å². The highest BCUT2D eigenvalue weighted by molar-refractivity contribution is 5.76. The lowest BCUT2D eigenvalue weighted by Crippen LogP contribution is -2.53. The molecule has 0 bridgehead atoms. The summed E-state index contributed by atoms with van der Waals surface area (Å²) in [4.78, 5) is 24.6. The van der Waals surface area contributed by atoms with Crippen molar-refractivity contribution < 1.29 is 18.0 Å². The first kappa shape index (κ1) is 18.4. The molecule has 2 amide bonds. The Morgan fingerprint density at radius 3 is 2.45 bits per heavy atom. The van der Waals surface area contributed by atoms with E-state index >= 15 is 0 Å². The Labute approximate surface area is 165 Å². The first-order valence-corrected chi connectivity index (χ1v) is 9.80. The van der Waals surface area contributed by atoms with Crippen molar-refractivity contribution in [2.24, 2.45) is 0 Å². The van der Waals surface area contributed by atoms with E-state index in [1.165, 1.54) is 12.4 Å². The average molecular weight is 406 g/mol. The molecule has 0 unspecified atom stereocenters. The normalized spacial score (nSPS) is 23.9. The molecule has 2 saturated heterocycles. The molecule has 0 radical (unpaired) electrons. The number of halogens is 3. The maximum absolute atomic E-state index is 13.2. The lowest BCUT2D eigenvalue weighted by atomic mass is 9.91. The van der Waals surface area contributed by atoms with Crippen LogP contribution >= 0.6 is 0 Å². The number of hydrogen-bond donors (Lipinski definition) is 1. The number of amides is 2. The summed E-state index contributed by atoms with van der Waals surface area (Å²) in [5.74, 6) is 1.10. The summed E-state index contributed by atoms with van der Waals surface area (Å²) in [5, 5.41) is 6.73. The van der Waals surface area contributed by atoms with E-state index in [1.807, 2.05) is 4.90 Å². The van der Waals surface area contributed by atoms with E-state index in [4.69, 9.17) is 0 Å². The van der Waals surface area contributed by atoms with E-state index in [0.29, 0.717) is 26.2 Å². The summed E-state index contributed by atoms with van der Waals surface area (Å²) in [6.07, 6.45) is -0.160. The molecular formula is C19H21F3N6O. The summed E-state index contributed by atoms with van der Waals surface area (Å²) in [6, 6.07) is 3.24. The number of pyridine rings is 1. The first-order valence-electron chi connectivity index (χ1n) is 9.80. The number of carbonyl (C=O) groups excluding carboxylic acids is 1. The molecule has 0 aromatic carbocycles. The highest BCUT2D eigenvalue weighted by atomic mass is 19.4. The molecule has 5 rings (SSSR count). The largest absolute Gasteiger partial charge is 0.399 e. The van der Waals surface area contributed by atoms with Crippen LogP contribution in [0.3, 0.4) is 0 Å². The second kappa shape index (κ2) is 6.43. The molecule has 2 aromatic heterocycles. The minimum atomic E-state index is -4.25. The van der Waals surface area contributed by atoms with Gasteiger partial charge in [0.1, 0.15) is 17.6 Å². The zero-order valence-electron chi connectivity index (χ0n) is 15.7. The maximum atomic E-state index is 13.2. The third-order valence-corrected chi connectivity index (χ3v) is 6.47. The van der Waals surface area contributed by atoms with Crippen LogP contribution in [0.1, 0.15) is 48.2 Å². The van der Waals surface area contributed by atoms with Gasteiger partial charge in [-0.3, -0.25) is 10.1 Å². The Balaban J connectivity index is 1.17. The monoisotopic (exact) mass is 406 g/mol. The summed E-state index contributed by atoms with van der Waals surface area (Å²) in [7, 11) is 0. The van der Waals surface area contributed by atoms with Crippen LogP contribution in [0.5, 0.6) is 0 Å². The van der Waals surface area contributed by atoms with Gasteiger partial charge in [0.25, 0.3) is 0 Å². The first-order chi connectivity index (χ1) is 13.9. The molecule has 7 nitrogen and oxygen atoms in total. The SMILES string of the molecule is O=C(N1CC(c2ccc(C3(C(F)(F)F)CC3)nc2)C1)N1CC[C@H](c2ncn[nH]2)C1. The van der Waals surface area contributed by atoms with E-state index in [2.05, 4.69) is 20.2 Å². The molecule has 2 aromatic rings. The Hall–Kier alpha value is -2.65. The number of likely N-dealkylation sites (tertiary alicyclic amines) is 2. The molecule has 2 aliphatic heterocycles. The number of carbonyl (C=O) groups is 1. The minimum absolute atomic E-state index is 0.00171. The predicted molar refractivity (Wildman–Crippen MR) is 96.2 cm³/mol. The lowest BCUT2D eigenvalue weighted by molar-refractivity contribution is -0.161. The van der Waals surface area contributed by atoms with Crippen molar-refractivity contribution in [2.75, 3.05) is 26.2 Å². The molecule has 1 atom stereocenters.